The molecule has 162 valence electrons. The monoisotopic (exact) mass is 439 g/mol. The average molecular weight is 439 g/mol. The van der Waals surface area contributed by atoms with Crippen LogP contribution >= 0.6 is 0 Å². The number of aromatic nitrogens is 2. The minimum absolute atomic E-state index is 0.155. The van der Waals surface area contributed by atoms with Crippen LogP contribution < -0.4 is 15.5 Å². The van der Waals surface area contributed by atoms with Crippen LogP contribution in [0.5, 0.6) is 0 Å². The topological polar surface area (TPSA) is 87.2 Å². The van der Waals surface area contributed by atoms with Crippen LogP contribution in [0.4, 0.5) is 27.3 Å². The van der Waals surface area contributed by atoms with E-state index in [-0.39, 0.29) is 11.5 Å². The molecule has 0 spiro atoms. The van der Waals surface area contributed by atoms with Crippen LogP contribution in [-0.2, 0) is 6.54 Å². The molecule has 0 fully saturated rings. The molecular weight excluding hydrogens is 421 g/mol. The van der Waals surface area contributed by atoms with Gasteiger partial charge < -0.3 is 15.5 Å². The van der Waals surface area contributed by atoms with Gasteiger partial charge in [0.25, 0.3) is 11.8 Å². The van der Waals surface area contributed by atoms with E-state index in [1.807, 2.05) is 30.3 Å². The fourth-order valence-corrected chi connectivity index (χ4v) is 3.66. The summed E-state index contributed by atoms with van der Waals surface area (Å²) in [6.07, 6.45) is 2.95. The molecular formula is C25H18FN5O2. The number of pyridine rings is 2. The van der Waals surface area contributed by atoms with Gasteiger partial charge in [0.05, 0.1) is 17.8 Å². The van der Waals surface area contributed by atoms with Gasteiger partial charge in [0.15, 0.2) is 5.82 Å². The number of amides is 2. The van der Waals surface area contributed by atoms with Gasteiger partial charge in [-0.3, -0.25) is 9.59 Å². The Labute approximate surface area is 188 Å². The smallest absolute Gasteiger partial charge is 0.260 e. The fraction of sp³-hybridized carbons (Fsp3) is 0.0400. The van der Waals surface area contributed by atoms with Gasteiger partial charge in [-0.2, -0.15) is 4.39 Å². The Kier molecular flexibility index (Phi) is 5.24. The molecule has 2 N–H and O–H groups in total. The van der Waals surface area contributed by atoms with Crippen molar-refractivity contribution in [2.45, 2.75) is 6.54 Å². The molecule has 1 aliphatic rings. The molecule has 5 rings (SSSR count). The Balaban J connectivity index is 1.40. The number of hydrogen-bond acceptors (Lipinski definition) is 5. The minimum atomic E-state index is -0.843. The van der Waals surface area contributed by atoms with E-state index < -0.39 is 11.9 Å². The molecule has 0 atom stereocenters. The highest BCUT2D eigenvalue weighted by Crippen LogP contribution is 2.34. The second-order valence-corrected chi connectivity index (χ2v) is 7.42. The number of carbonyl (C=O) groups excluding carboxylic acids is 2. The number of nitrogens with zero attached hydrogens (tertiary/aromatic N) is 3. The van der Waals surface area contributed by atoms with Crippen LogP contribution in [0.25, 0.3) is 0 Å². The molecule has 2 aromatic carbocycles. The van der Waals surface area contributed by atoms with E-state index in [2.05, 4.69) is 20.6 Å². The molecule has 2 amide bonds. The van der Waals surface area contributed by atoms with Gasteiger partial charge in [-0.05, 0) is 60.2 Å². The van der Waals surface area contributed by atoms with Gasteiger partial charge in [0.1, 0.15) is 0 Å². The first kappa shape index (κ1) is 20.3. The summed E-state index contributed by atoms with van der Waals surface area (Å²) in [4.78, 5) is 35.3. The van der Waals surface area contributed by atoms with E-state index in [1.54, 1.807) is 41.4 Å². The van der Waals surface area contributed by atoms with E-state index in [4.69, 9.17) is 0 Å². The van der Waals surface area contributed by atoms with Crippen molar-refractivity contribution in [3.05, 3.63) is 108 Å². The van der Waals surface area contributed by atoms with Gasteiger partial charge in [-0.25, -0.2) is 9.97 Å². The Morgan fingerprint density at radius 2 is 1.67 bits per heavy atom. The number of rotatable bonds is 3. The molecule has 0 aliphatic carbocycles. The number of fused-ring (bicyclic) bond motifs is 2. The highest BCUT2D eigenvalue weighted by atomic mass is 19.1. The third-order valence-electron chi connectivity index (χ3n) is 5.31. The number of halogens is 1. The van der Waals surface area contributed by atoms with Crippen LogP contribution in [0.1, 0.15) is 26.3 Å². The molecule has 8 heteroatoms. The maximum atomic E-state index is 13.7. The van der Waals surface area contributed by atoms with Gasteiger partial charge in [-0.1, -0.05) is 18.2 Å². The van der Waals surface area contributed by atoms with E-state index in [9.17, 15) is 14.0 Å². The Morgan fingerprint density at radius 3 is 2.48 bits per heavy atom. The zero-order valence-corrected chi connectivity index (χ0v) is 17.3. The maximum Gasteiger partial charge on any atom is 0.260 e. The summed E-state index contributed by atoms with van der Waals surface area (Å²) >= 11 is 0. The second kappa shape index (κ2) is 8.51. The largest absolute Gasteiger partial charge is 0.338 e. The Morgan fingerprint density at radius 1 is 0.909 bits per heavy atom. The lowest BCUT2D eigenvalue weighted by atomic mass is 10.1. The number of carbonyl (C=O) groups is 2. The third kappa shape index (κ3) is 4.01. The molecule has 33 heavy (non-hydrogen) atoms. The maximum absolute atomic E-state index is 13.7. The van der Waals surface area contributed by atoms with Crippen molar-refractivity contribution in [3.63, 3.8) is 0 Å². The average Bonchev–Trinajstić information content (AvgIpc) is 3.01. The number of hydrogen-bond donors (Lipinski definition) is 2. The first-order valence-corrected chi connectivity index (χ1v) is 10.2. The molecule has 3 heterocycles. The molecule has 4 aromatic rings. The number of para-hydroxylation sites is 1. The fourth-order valence-electron chi connectivity index (χ4n) is 3.66. The van der Waals surface area contributed by atoms with Crippen molar-refractivity contribution < 1.29 is 14.0 Å². The highest BCUT2D eigenvalue weighted by molar-refractivity contribution is 6.09. The predicted molar refractivity (Wildman–Crippen MR) is 123 cm³/mol. The van der Waals surface area contributed by atoms with Crippen molar-refractivity contribution in [3.8, 4) is 0 Å². The SMILES string of the molecule is O=C(Nc1ccc(C(=O)N2Cc3ccccc3Nc3ncccc32)cc1)c1cccnc1F. The zero-order chi connectivity index (χ0) is 22.8. The molecule has 2 aromatic heterocycles. The molecule has 7 nitrogen and oxygen atoms in total. The second-order valence-electron chi connectivity index (χ2n) is 7.42. The summed E-state index contributed by atoms with van der Waals surface area (Å²) in [5, 5.41) is 5.92. The molecule has 0 bridgehead atoms. The van der Waals surface area contributed by atoms with E-state index >= 15 is 0 Å². The predicted octanol–water partition coefficient (Wildman–Crippen LogP) is 4.77. The quantitative estimate of drug-likeness (QED) is 0.449. The molecule has 1 aliphatic heterocycles. The lowest BCUT2D eigenvalue weighted by Gasteiger charge is -2.22. The number of nitrogens with one attached hydrogen (secondary N) is 2. The van der Waals surface area contributed by atoms with Crippen LogP contribution in [0, 0.1) is 5.95 Å². The minimum Gasteiger partial charge on any atom is -0.338 e. The van der Waals surface area contributed by atoms with Gasteiger partial charge in [0, 0.05) is 29.3 Å². The summed E-state index contributed by atoms with van der Waals surface area (Å²) in [5.41, 5.74) is 3.25. The summed E-state index contributed by atoms with van der Waals surface area (Å²) in [6.45, 7) is 0.374. The van der Waals surface area contributed by atoms with Crippen LogP contribution in [0.3, 0.4) is 0 Å². The first-order chi connectivity index (χ1) is 16.1. The number of benzene rings is 2. The summed E-state index contributed by atoms with van der Waals surface area (Å²) in [7, 11) is 0. The summed E-state index contributed by atoms with van der Waals surface area (Å²) in [5.74, 6) is -1.07. The highest BCUT2D eigenvalue weighted by Gasteiger charge is 2.25. The summed E-state index contributed by atoms with van der Waals surface area (Å²) < 4.78 is 13.7. The van der Waals surface area contributed by atoms with Gasteiger partial charge >= 0.3 is 0 Å². The lowest BCUT2D eigenvalue weighted by Crippen LogP contribution is -2.30. The van der Waals surface area contributed by atoms with Crippen LogP contribution in [-0.4, -0.2) is 21.8 Å². The van der Waals surface area contributed by atoms with Crippen molar-refractivity contribution in [1.82, 2.24) is 9.97 Å². The van der Waals surface area contributed by atoms with Crippen molar-refractivity contribution >= 4 is 34.7 Å². The van der Waals surface area contributed by atoms with Gasteiger partial charge in [0.2, 0.25) is 5.95 Å². The lowest BCUT2D eigenvalue weighted by molar-refractivity contribution is 0.0984. The summed E-state index contributed by atoms with van der Waals surface area (Å²) in [6, 6.07) is 20.7. The number of anilines is 4. The molecule has 0 radical (unpaired) electrons. The van der Waals surface area contributed by atoms with E-state index in [0.29, 0.717) is 29.3 Å². The Bertz CT molecular complexity index is 1360. The van der Waals surface area contributed by atoms with Crippen molar-refractivity contribution in [2.75, 3.05) is 15.5 Å². The molecule has 0 saturated carbocycles. The van der Waals surface area contributed by atoms with Crippen LogP contribution in [0.2, 0.25) is 0 Å². The Hall–Kier alpha value is -4.59. The zero-order valence-electron chi connectivity index (χ0n) is 17.3. The van der Waals surface area contributed by atoms with Crippen molar-refractivity contribution in [2.24, 2.45) is 0 Å². The van der Waals surface area contributed by atoms with Crippen molar-refractivity contribution in [1.29, 1.82) is 0 Å². The van der Waals surface area contributed by atoms with E-state index in [0.717, 1.165) is 11.3 Å². The normalized spacial score (nSPS) is 12.1. The van der Waals surface area contributed by atoms with Gasteiger partial charge in [-0.15, -0.1) is 0 Å². The third-order valence-corrected chi connectivity index (χ3v) is 5.31. The standard InChI is InChI=1S/C25H18FN5O2/c26-22-19(6-3-13-27-22)24(32)29-18-11-9-16(10-12-18)25(33)31-15-17-5-1-2-7-20(17)30-23-21(31)8-4-14-28-23/h1-14H,15H2,(H,28,30)(H,29,32). The molecule has 0 saturated heterocycles. The first-order valence-electron chi connectivity index (χ1n) is 10.2. The van der Waals surface area contributed by atoms with E-state index in [1.165, 1.54) is 18.3 Å². The van der Waals surface area contributed by atoms with Crippen LogP contribution in [0.15, 0.2) is 85.2 Å². The molecule has 0 unspecified atom stereocenters.